The van der Waals surface area contributed by atoms with Gasteiger partial charge in [-0.2, -0.15) is 10.2 Å². The first kappa shape index (κ1) is 5.73. The number of hydrogen-bond donors (Lipinski definition) is 0. The monoisotopic (exact) mass is 112 g/mol. The van der Waals surface area contributed by atoms with Gasteiger partial charge in [-0.25, -0.2) is 0 Å². The van der Waals surface area contributed by atoms with E-state index in [9.17, 15) is 0 Å². The van der Waals surface area contributed by atoms with Crippen molar-refractivity contribution in [2.75, 3.05) is 13.1 Å². The van der Waals surface area contributed by atoms with Crippen LogP contribution in [-0.2, 0) is 0 Å². The summed E-state index contributed by atoms with van der Waals surface area (Å²) in [5, 5.41) is 7.91. The van der Waals surface area contributed by atoms with Crippen LogP contribution in [0.2, 0.25) is 0 Å². The molecule has 0 fully saturated rings. The molecule has 2 nitrogen and oxygen atoms in total. The summed E-state index contributed by atoms with van der Waals surface area (Å²) in [7, 11) is 0. The van der Waals surface area contributed by atoms with E-state index in [1.807, 2.05) is 0 Å². The summed E-state index contributed by atoms with van der Waals surface area (Å²) >= 11 is 0. The van der Waals surface area contributed by atoms with Gasteiger partial charge in [0, 0.05) is 0 Å². The second-order valence-corrected chi connectivity index (χ2v) is 2.14. The van der Waals surface area contributed by atoms with E-state index >= 15 is 0 Å². The van der Waals surface area contributed by atoms with Crippen LogP contribution in [0.1, 0.15) is 25.7 Å². The lowest BCUT2D eigenvalue weighted by atomic mass is 10.2. The molecule has 0 aromatic heterocycles. The van der Waals surface area contributed by atoms with Crippen molar-refractivity contribution in [3.05, 3.63) is 0 Å². The average molecular weight is 112 g/mol. The first-order chi connectivity index (χ1) is 4.00. The van der Waals surface area contributed by atoms with E-state index < -0.39 is 0 Å². The van der Waals surface area contributed by atoms with Gasteiger partial charge in [0.15, 0.2) is 0 Å². The van der Waals surface area contributed by atoms with Gasteiger partial charge >= 0.3 is 0 Å². The molecule has 1 aliphatic heterocycles. The minimum Gasteiger partial charge on any atom is -0.194 e. The van der Waals surface area contributed by atoms with Gasteiger partial charge in [-0.1, -0.05) is 12.8 Å². The first-order valence-electron chi connectivity index (χ1n) is 3.33. The highest BCUT2D eigenvalue weighted by atomic mass is 15.1. The Balaban J connectivity index is 2.17. The molecule has 0 saturated carbocycles. The van der Waals surface area contributed by atoms with E-state index in [0.29, 0.717) is 0 Å². The number of azo groups is 1. The number of hydrogen-bond acceptors (Lipinski definition) is 2. The minimum atomic E-state index is 0.958. The summed E-state index contributed by atoms with van der Waals surface area (Å²) in [6, 6.07) is 0. The summed E-state index contributed by atoms with van der Waals surface area (Å²) in [6.45, 7) is 1.92. The third-order valence-corrected chi connectivity index (χ3v) is 1.37. The SMILES string of the molecule is C1CCCN=NCC1. The Morgan fingerprint density at radius 2 is 1.12 bits per heavy atom. The van der Waals surface area contributed by atoms with Crippen molar-refractivity contribution in [3.8, 4) is 0 Å². The third kappa shape index (κ3) is 2.05. The van der Waals surface area contributed by atoms with E-state index in [0.717, 1.165) is 13.1 Å². The van der Waals surface area contributed by atoms with Crippen LogP contribution >= 0.6 is 0 Å². The summed E-state index contributed by atoms with van der Waals surface area (Å²) in [6.07, 6.45) is 5.17. The first-order valence-corrected chi connectivity index (χ1v) is 3.33. The van der Waals surface area contributed by atoms with Gasteiger partial charge in [-0.05, 0) is 12.8 Å². The van der Waals surface area contributed by atoms with Crippen LogP contribution in [0.3, 0.4) is 0 Å². The van der Waals surface area contributed by atoms with Crippen LogP contribution in [0.5, 0.6) is 0 Å². The van der Waals surface area contributed by atoms with Gasteiger partial charge in [0.05, 0.1) is 13.1 Å². The molecule has 1 aliphatic rings. The van der Waals surface area contributed by atoms with Gasteiger partial charge in [0.1, 0.15) is 0 Å². The van der Waals surface area contributed by atoms with Crippen LogP contribution in [0.15, 0.2) is 10.2 Å². The fourth-order valence-electron chi connectivity index (χ4n) is 0.860. The number of nitrogens with zero attached hydrogens (tertiary/aromatic N) is 2. The largest absolute Gasteiger partial charge is 0.194 e. The van der Waals surface area contributed by atoms with E-state index in [1.165, 1.54) is 25.7 Å². The van der Waals surface area contributed by atoms with Crippen molar-refractivity contribution in [3.63, 3.8) is 0 Å². The average Bonchev–Trinajstić information content (AvgIpc) is 1.62. The Labute approximate surface area is 50.0 Å². The molecule has 0 spiro atoms. The molecule has 8 heavy (non-hydrogen) atoms. The smallest absolute Gasteiger partial charge is 0.0598 e. The normalized spacial score (nSPS) is 22.0. The van der Waals surface area contributed by atoms with Crippen molar-refractivity contribution in [1.82, 2.24) is 0 Å². The van der Waals surface area contributed by atoms with Gasteiger partial charge < -0.3 is 0 Å². The Morgan fingerprint density at radius 1 is 0.625 bits per heavy atom. The fourth-order valence-corrected chi connectivity index (χ4v) is 0.860. The third-order valence-electron chi connectivity index (χ3n) is 1.37. The van der Waals surface area contributed by atoms with E-state index in [4.69, 9.17) is 0 Å². The second kappa shape index (κ2) is 3.58. The quantitative estimate of drug-likeness (QED) is 0.458. The molecule has 0 bridgehead atoms. The molecular weight excluding hydrogens is 100 g/mol. The van der Waals surface area contributed by atoms with Crippen LogP contribution in [0, 0.1) is 0 Å². The second-order valence-electron chi connectivity index (χ2n) is 2.14. The summed E-state index contributed by atoms with van der Waals surface area (Å²) in [5.41, 5.74) is 0. The summed E-state index contributed by atoms with van der Waals surface area (Å²) < 4.78 is 0. The van der Waals surface area contributed by atoms with Gasteiger partial charge in [0.25, 0.3) is 0 Å². The molecular formula is C6H12N2. The lowest BCUT2D eigenvalue weighted by Gasteiger charge is -1.99. The van der Waals surface area contributed by atoms with E-state index in [1.54, 1.807) is 0 Å². The predicted octanol–water partition coefficient (Wildman–Crippen LogP) is 2.01. The van der Waals surface area contributed by atoms with Crippen molar-refractivity contribution in [1.29, 1.82) is 0 Å². The molecule has 0 aliphatic carbocycles. The maximum Gasteiger partial charge on any atom is 0.0598 e. The maximum atomic E-state index is 3.96. The molecule has 0 aromatic carbocycles. The zero-order chi connectivity index (χ0) is 5.66. The topological polar surface area (TPSA) is 24.7 Å². The lowest BCUT2D eigenvalue weighted by molar-refractivity contribution is 0.602. The van der Waals surface area contributed by atoms with Gasteiger partial charge in [-0.3, -0.25) is 0 Å². The maximum absolute atomic E-state index is 3.96. The summed E-state index contributed by atoms with van der Waals surface area (Å²) in [4.78, 5) is 0. The van der Waals surface area contributed by atoms with E-state index in [2.05, 4.69) is 10.2 Å². The van der Waals surface area contributed by atoms with Crippen molar-refractivity contribution in [2.45, 2.75) is 25.7 Å². The van der Waals surface area contributed by atoms with Crippen molar-refractivity contribution in [2.24, 2.45) is 10.2 Å². The molecule has 0 atom stereocenters. The predicted molar refractivity (Wildman–Crippen MR) is 33.1 cm³/mol. The highest BCUT2D eigenvalue weighted by Gasteiger charge is 1.91. The molecule has 0 saturated heterocycles. The molecule has 0 amide bonds. The molecule has 46 valence electrons. The Kier molecular flexibility index (Phi) is 2.57. The molecule has 0 radical (unpaired) electrons. The minimum absolute atomic E-state index is 0.958. The molecule has 0 unspecified atom stereocenters. The zero-order valence-electron chi connectivity index (χ0n) is 5.14. The van der Waals surface area contributed by atoms with Crippen molar-refractivity contribution >= 4 is 0 Å². The van der Waals surface area contributed by atoms with Gasteiger partial charge in [-0.15, -0.1) is 0 Å². The molecule has 1 rings (SSSR count). The highest BCUT2D eigenvalue weighted by Crippen LogP contribution is 2.03. The molecule has 2 heteroatoms. The zero-order valence-corrected chi connectivity index (χ0v) is 5.14. The summed E-state index contributed by atoms with van der Waals surface area (Å²) in [5.74, 6) is 0. The standard InChI is InChI=1S/C6H12N2/c1-2-4-6-8-7-5-3-1/h1-6H2. The Bertz CT molecular complexity index is 68.6. The van der Waals surface area contributed by atoms with Crippen LogP contribution in [0.4, 0.5) is 0 Å². The van der Waals surface area contributed by atoms with Crippen LogP contribution < -0.4 is 0 Å². The van der Waals surface area contributed by atoms with Gasteiger partial charge in [0.2, 0.25) is 0 Å². The molecule has 0 N–H and O–H groups in total. The van der Waals surface area contributed by atoms with Crippen molar-refractivity contribution < 1.29 is 0 Å². The lowest BCUT2D eigenvalue weighted by Crippen LogP contribution is -1.88. The number of rotatable bonds is 0. The Hall–Kier alpha value is -0.400. The van der Waals surface area contributed by atoms with E-state index in [-0.39, 0.29) is 0 Å². The van der Waals surface area contributed by atoms with Crippen LogP contribution in [0.25, 0.3) is 0 Å². The molecule has 1 heterocycles. The Morgan fingerprint density at radius 3 is 1.62 bits per heavy atom. The van der Waals surface area contributed by atoms with Crippen LogP contribution in [-0.4, -0.2) is 13.1 Å². The molecule has 0 aromatic rings. The fraction of sp³-hybridized carbons (Fsp3) is 1.00. The highest BCUT2D eigenvalue weighted by molar-refractivity contribution is 4.50.